The molecule has 0 saturated heterocycles. The molecule has 2 aliphatic rings. The number of aromatic nitrogens is 2. The molecule has 2 aliphatic carbocycles. The van der Waals surface area contributed by atoms with E-state index in [9.17, 15) is 0 Å². The van der Waals surface area contributed by atoms with Crippen LogP contribution in [0.2, 0.25) is 0 Å². The standard InChI is InChI=1S/C15H20N4O/c1-3-20-13-9-12(15(13)7-4-8-15)19(2)14-6-5-11(10-16)17-18-14/h5-6,12-13H,3-4,7-9H2,1-2H3. The number of hydrogen-bond acceptors (Lipinski definition) is 5. The summed E-state index contributed by atoms with van der Waals surface area (Å²) in [6.07, 6.45) is 5.26. The van der Waals surface area contributed by atoms with Gasteiger partial charge in [0.05, 0.1) is 6.10 Å². The summed E-state index contributed by atoms with van der Waals surface area (Å²) >= 11 is 0. The average molecular weight is 272 g/mol. The van der Waals surface area contributed by atoms with Crippen molar-refractivity contribution in [1.29, 1.82) is 5.26 Å². The molecule has 1 heterocycles. The van der Waals surface area contributed by atoms with Crippen molar-refractivity contribution in [3.63, 3.8) is 0 Å². The lowest BCUT2D eigenvalue weighted by Crippen LogP contribution is -2.67. The van der Waals surface area contributed by atoms with Crippen LogP contribution >= 0.6 is 0 Å². The van der Waals surface area contributed by atoms with Gasteiger partial charge in [-0.05, 0) is 38.3 Å². The summed E-state index contributed by atoms with van der Waals surface area (Å²) < 4.78 is 5.88. The zero-order valence-corrected chi connectivity index (χ0v) is 12.0. The molecule has 106 valence electrons. The van der Waals surface area contributed by atoms with Crippen LogP contribution in [-0.2, 0) is 4.74 Å². The molecule has 20 heavy (non-hydrogen) atoms. The van der Waals surface area contributed by atoms with Crippen LogP contribution in [0.3, 0.4) is 0 Å². The van der Waals surface area contributed by atoms with Gasteiger partial charge in [0, 0.05) is 25.1 Å². The van der Waals surface area contributed by atoms with E-state index in [1.807, 2.05) is 12.1 Å². The first kappa shape index (κ1) is 13.3. The Morgan fingerprint density at radius 2 is 2.25 bits per heavy atom. The minimum Gasteiger partial charge on any atom is -0.378 e. The third kappa shape index (κ3) is 1.87. The molecule has 0 amide bonds. The van der Waals surface area contributed by atoms with E-state index in [-0.39, 0.29) is 0 Å². The summed E-state index contributed by atoms with van der Waals surface area (Å²) in [6, 6.07) is 6.09. The summed E-state index contributed by atoms with van der Waals surface area (Å²) in [7, 11) is 2.07. The Morgan fingerprint density at radius 3 is 2.75 bits per heavy atom. The fraction of sp³-hybridized carbons (Fsp3) is 0.667. The normalized spacial score (nSPS) is 26.4. The molecule has 0 N–H and O–H groups in total. The fourth-order valence-electron chi connectivity index (χ4n) is 3.68. The Bertz CT molecular complexity index is 518. The van der Waals surface area contributed by atoms with Crippen LogP contribution < -0.4 is 4.90 Å². The molecule has 0 radical (unpaired) electrons. The van der Waals surface area contributed by atoms with E-state index in [1.54, 1.807) is 6.07 Å². The lowest BCUT2D eigenvalue weighted by molar-refractivity contribution is -0.164. The van der Waals surface area contributed by atoms with Gasteiger partial charge >= 0.3 is 0 Å². The van der Waals surface area contributed by atoms with Crippen molar-refractivity contribution in [2.24, 2.45) is 5.41 Å². The van der Waals surface area contributed by atoms with E-state index in [0.717, 1.165) is 18.8 Å². The van der Waals surface area contributed by atoms with Crippen molar-refractivity contribution in [1.82, 2.24) is 10.2 Å². The average Bonchev–Trinajstić information content (AvgIpc) is 2.41. The molecular weight excluding hydrogens is 252 g/mol. The Balaban J connectivity index is 1.74. The lowest BCUT2D eigenvalue weighted by atomic mass is 9.50. The third-order valence-corrected chi connectivity index (χ3v) is 4.99. The predicted octanol–water partition coefficient (Wildman–Crippen LogP) is 2.13. The van der Waals surface area contributed by atoms with Gasteiger partial charge in [0.25, 0.3) is 0 Å². The van der Waals surface area contributed by atoms with Crippen molar-refractivity contribution < 1.29 is 4.74 Å². The van der Waals surface area contributed by atoms with Crippen LogP contribution in [0, 0.1) is 16.7 Å². The zero-order chi connectivity index (χ0) is 14.2. The van der Waals surface area contributed by atoms with Gasteiger partial charge in [0.2, 0.25) is 0 Å². The second-order valence-electron chi connectivity index (χ2n) is 5.78. The highest BCUT2D eigenvalue weighted by Crippen LogP contribution is 2.59. The van der Waals surface area contributed by atoms with Crippen molar-refractivity contribution in [3.05, 3.63) is 17.8 Å². The van der Waals surface area contributed by atoms with Crippen molar-refractivity contribution in [2.75, 3.05) is 18.6 Å². The number of nitrogens with zero attached hydrogens (tertiary/aromatic N) is 4. The number of ether oxygens (including phenoxy) is 1. The van der Waals surface area contributed by atoms with Crippen LogP contribution in [0.4, 0.5) is 5.82 Å². The molecule has 2 fully saturated rings. The molecule has 1 aromatic rings. The molecular formula is C15H20N4O. The van der Waals surface area contributed by atoms with Gasteiger partial charge in [0.1, 0.15) is 6.07 Å². The lowest BCUT2D eigenvalue weighted by Gasteiger charge is -2.63. The fourth-order valence-corrected chi connectivity index (χ4v) is 3.68. The SMILES string of the molecule is CCOC1CC(N(C)c2ccc(C#N)nn2)C12CCC2. The van der Waals surface area contributed by atoms with Gasteiger partial charge in [-0.1, -0.05) is 6.42 Å². The molecule has 0 aliphatic heterocycles. The first-order valence-corrected chi connectivity index (χ1v) is 7.29. The van der Waals surface area contributed by atoms with Crippen molar-refractivity contribution in [3.8, 4) is 6.07 Å². The Morgan fingerprint density at radius 1 is 1.45 bits per heavy atom. The first-order chi connectivity index (χ1) is 9.71. The van der Waals surface area contributed by atoms with E-state index in [2.05, 4.69) is 29.1 Å². The van der Waals surface area contributed by atoms with E-state index in [1.165, 1.54) is 19.3 Å². The number of hydrogen-bond donors (Lipinski definition) is 0. The highest BCUT2D eigenvalue weighted by Gasteiger charge is 2.60. The molecule has 5 nitrogen and oxygen atoms in total. The molecule has 2 saturated carbocycles. The topological polar surface area (TPSA) is 62.0 Å². The minimum atomic E-state index is 0.320. The van der Waals surface area contributed by atoms with Gasteiger partial charge < -0.3 is 9.64 Å². The van der Waals surface area contributed by atoms with E-state index in [0.29, 0.717) is 23.3 Å². The van der Waals surface area contributed by atoms with Crippen LogP contribution in [0.1, 0.15) is 38.3 Å². The summed E-state index contributed by atoms with van der Waals surface area (Å²) in [4.78, 5) is 2.21. The highest BCUT2D eigenvalue weighted by molar-refractivity contribution is 5.42. The van der Waals surface area contributed by atoms with Gasteiger partial charge in [-0.25, -0.2) is 0 Å². The molecule has 2 unspecified atom stereocenters. The second-order valence-corrected chi connectivity index (χ2v) is 5.78. The summed E-state index contributed by atoms with van der Waals surface area (Å²) in [5, 5.41) is 16.9. The van der Waals surface area contributed by atoms with E-state index in [4.69, 9.17) is 10.00 Å². The number of anilines is 1. The molecule has 1 spiro atoms. The largest absolute Gasteiger partial charge is 0.378 e. The van der Waals surface area contributed by atoms with Crippen LogP contribution in [0.15, 0.2) is 12.1 Å². The Kier molecular flexibility index (Phi) is 3.35. The highest BCUT2D eigenvalue weighted by atomic mass is 16.5. The number of nitriles is 1. The molecule has 1 aromatic heterocycles. The van der Waals surface area contributed by atoms with Gasteiger partial charge in [-0.2, -0.15) is 5.26 Å². The quantitative estimate of drug-likeness (QED) is 0.840. The Hall–Kier alpha value is -1.67. The summed E-state index contributed by atoms with van der Waals surface area (Å²) in [5.74, 6) is 0.843. The summed E-state index contributed by atoms with van der Waals surface area (Å²) in [6.45, 7) is 2.86. The maximum atomic E-state index is 8.78. The first-order valence-electron chi connectivity index (χ1n) is 7.29. The maximum Gasteiger partial charge on any atom is 0.163 e. The third-order valence-electron chi connectivity index (χ3n) is 4.99. The Labute approximate surface area is 119 Å². The van der Waals surface area contributed by atoms with Crippen molar-refractivity contribution >= 4 is 5.82 Å². The summed E-state index contributed by atoms with van der Waals surface area (Å²) in [5.41, 5.74) is 0.682. The maximum absolute atomic E-state index is 8.78. The van der Waals surface area contributed by atoms with Crippen LogP contribution in [0.5, 0.6) is 0 Å². The van der Waals surface area contributed by atoms with Gasteiger partial charge in [-0.3, -0.25) is 0 Å². The number of rotatable bonds is 4. The molecule has 3 rings (SSSR count). The second kappa shape index (κ2) is 5.02. The zero-order valence-electron chi connectivity index (χ0n) is 12.0. The molecule has 0 bridgehead atoms. The monoisotopic (exact) mass is 272 g/mol. The predicted molar refractivity (Wildman–Crippen MR) is 75.3 cm³/mol. The molecule has 2 atom stereocenters. The van der Waals surface area contributed by atoms with E-state index >= 15 is 0 Å². The van der Waals surface area contributed by atoms with Crippen LogP contribution in [0.25, 0.3) is 0 Å². The minimum absolute atomic E-state index is 0.320. The van der Waals surface area contributed by atoms with Gasteiger partial charge in [-0.15, -0.1) is 10.2 Å². The van der Waals surface area contributed by atoms with Crippen molar-refractivity contribution in [2.45, 2.75) is 44.8 Å². The smallest absolute Gasteiger partial charge is 0.163 e. The van der Waals surface area contributed by atoms with E-state index < -0.39 is 0 Å². The van der Waals surface area contributed by atoms with Gasteiger partial charge in [0.15, 0.2) is 11.5 Å². The van der Waals surface area contributed by atoms with Crippen LogP contribution in [-0.4, -0.2) is 36.0 Å². The molecule has 5 heteroatoms. The molecule has 0 aromatic carbocycles.